The van der Waals surface area contributed by atoms with Gasteiger partial charge in [0.1, 0.15) is 6.61 Å². The molecule has 0 saturated carbocycles. The fourth-order valence-corrected chi connectivity index (χ4v) is 2.11. The molecule has 1 rings (SSSR count). The number of hydrogen-bond donors (Lipinski definition) is 1. The Morgan fingerprint density at radius 3 is 2.31 bits per heavy atom. The summed E-state index contributed by atoms with van der Waals surface area (Å²) in [6, 6.07) is 0.271. The predicted octanol–water partition coefficient (Wildman–Crippen LogP) is 3.63. The molecule has 1 heterocycles. The maximum absolute atomic E-state index is 10.8. The minimum atomic E-state index is -0.246. The number of carbonyl (C=O) groups excluding carboxylic acids is 1. The van der Waals surface area contributed by atoms with Gasteiger partial charge in [0, 0.05) is 0 Å². The minimum Gasteiger partial charge on any atom is -0.447 e. The van der Waals surface area contributed by atoms with Crippen molar-refractivity contribution in [3.8, 4) is 0 Å². The van der Waals surface area contributed by atoms with Crippen LogP contribution in [0.2, 0.25) is 0 Å². The molecule has 1 unspecified atom stereocenters. The van der Waals surface area contributed by atoms with E-state index in [0.29, 0.717) is 6.61 Å². The normalized spacial score (nSPS) is 19.6. The van der Waals surface area contributed by atoms with E-state index in [1.54, 1.807) is 0 Å². The van der Waals surface area contributed by atoms with Crippen molar-refractivity contribution in [2.24, 2.45) is 0 Å². The second kappa shape index (κ2) is 8.43. The molecule has 3 nitrogen and oxygen atoms in total. The Bertz CT molecular complexity index is 194. The van der Waals surface area contributed by atoms with Gasteiger partial charge in [0.2, 0.25) is 0 Å². The number of cyclic esters (lactones) is 1. The van der Waals surface area contributed by atoms with Crippen molar-refractivity contribution in [2.75, 3.05) is 6.61 Å². The first-order chi connectivity index (χ1) is 7.83. The van der Waals surface area contributed by atoms with E-state index in [2.05, 4.69) is 12.2 Å². The van der Waals surface area contributed by atoms with Gasteiger partial charge in [-0.25, -0.2) is 4.79 Å². The van der Waals surface area contributed by atoms with Gasteiger partial charge in [-0.15, -0.1) is 0 Å². The number of hydrogen-bond acceptors (Lipinski definition) is 2. The van der Waals surface area contributed by atoms with Crippen molar-refractivity contribution in [1.29, 1.82) is 0 Å². The van der Waals surface area contributed by atoms with Crippen LogP contribution in [0.4, 0.5) is 4.79 Å². The molecule has 3 heteroatoms. The van der Waals surface area contributed by atoms with E-state index in [1.807, 2.05) is 0 Å². The summed E-state index contributed by atoms with van der Waals surface area (Å²) in [4.78, 5) is 10.8. The molecule has 1 N–H and O–H groups in total. The van der Waals surface area contributed by atoms with Crippen LogP contribution in [0.15, 0.2) is 0 Å². The lowest BCUT2D eigenvalue weighted by Gasteiger charge is -2.06. The zero-order valence-corrected chi connectivity index (χ0v) is 10.5. The van der Waals surface area contributed by atoms with E-state index in [0.717, 1.165) is 6.42 Å². The Labute approximate surface area is 98.9 Å². The molecule has 1 atom stereocenters. The molecule has 1 aliphatic heterocycles. The molecule has 16 heavy (non-hydrogen) atoms. The third-order valence-corrected chi connectivity index (χ3v) is 3.14. The molecular weight excluding hydrogens is 202 g/mol. The van der Waals surface area contributed by atoms with Crippen molar-refractivity contribution in [3.05, 3.63) is 0 Å². The van der Waals surface area contributed by atoms with Gasteiger partial charge in [0.15, 0.2) is 0 Å². The Morgan fingerprint density at radius 2 is 1.75 bits per heavy atom. The van der Waals surface area contributed by atoms with Gasteiger partial charge in [0.05, 0.1) is 6.04 Å². The topological polar surface area (TPSA) is 38.3 Å². The summed E-state index contributed by atoms with van der Waals surface area (Å²) >= 11 is 0. The molecule has 1 amide bonds. The highest BCUT2D eigenvalue weighted by Crippen LogP contribution is 2.12. The van der Waals surface area contributed by atoms with Gasteiger partial charge in [-0.1, -0.05) is 58.3 Å². The molecule has 1 fully saturated rings. The van der Waals surface area contributed by atoms with Crippen LogP contribution in [-0.2, 0) is 4.74 Å². The van der Waals surface area contributed by atoms with Crippen molar-refractivity contribution in [1.82, 2.24) is 5.32 Å². The molecule has 0 aliphatic carbocycles. The first kappa shape index (κ1) is 13.3. The summed E-state index contributed by atoms with van der Waals surface area (Å²) in [6.07, 6.45) is 11.5. The molecular formula is C13H25NO2. The number of unbranched alkanes of at least 4 members (excludes halogenated alkanes) is 7. The van der Waals surface area contributed by atoms with Crippen LogP contribution in [-0.4, -0.2) is 18.7 Å². The molecule has 0 aromatic carbocycles. The van der Waals surface area contributed by atoms with Crippen LogP contribution in [0, 0.1) is 0 Å². The largest absolute Gasteiger partial charge is 0.447 e. The number of alkyl carbamates (subject to hydrolysis) is 1. The zero-order valence-electron chi connectivity index (χ0n) is 10.5. The molecule has 1 aliphatic rings. The van der Waals surface area contributed by atoms with Gasteiger partial charge in [0.25, 0.3) is 0 Å². The van der Waals surface area contributed by atoms with E-state index in [-0.39, 0.29) is 12.1 Å². The Hall–Kier alpha value is -0.730. The lowest BCUT2D eigenvalue weighted by molar-refractivity contribution is 0.176. The third-order valence-electron chi connectivity index (χ3n) is 3.14. The van der Waals surface area contributed by atoms with Crippen LogP contribution in [0.3, 0.4) is 0 Å². The number of ether oxygens (including phenoxy) is 1. The fourth-order valence-electron chi connectivity index (χ4n) is 2.11. The Morgan fingerprint density at radius 1 is 1.12 bits per heavy atom. The number of amides is 1. The van der Waals surface area contributed by atoms with Crippen LogP contribution < -0.4 is 5.32 Å². The smallest absolute Gasteiger partial charge is 0.407 e. The van der Waals surface area contributed by atoms with Crippen molar-refractivity contribution in [2.45, 2.75) is 70.8 Å². The number of rotatable bonds is 9. The van der Waals surface area contributed by atoms with E-state index in [4.69, 9.17) is 4.74 Å². The van der Waals surface area contributed by atoms with E-state index >= 15 is 0 Å². The van der Waals surface area contributed by atoms with Gasteiger partial charge in [-0.2, -0.15) is 0 Å². The van der Waals surface area contributed by atoms with Crippen LogP contribution >= 0.6 is 0 Å². The maximum Gasteiger partial charge on any atom is 0.407 e. The van der Waals surface area contributed by atoms with Gasteiger partial charge in [-0.3, -0.25) is 0 Å². The monoisotopic (exact) mass is 227 g/mol. The highest BCUT2D eigenvalue weighted by molar-refractivity contribution is 5.69. The number of nitrogens with one attached hydrogen (secondary N) is 1. The first-order valence-electron chi connectivity index (χ1n) is 6.76. The lowest BCUT2D eigenvalue weighted by Crippen LogP contribution is -2.25. The second-order valence-corrected chi connectivity index (χ2v) is 4.70. The quantitative estimate of drug-likeness (QED) is 0.611. The summed E-state index contributed by atoms with van der Waals surface area (Å²) in [5, 5.41) is 2.81. The third kappa shape index (κ3) is 5.99. The highest BCUT2D eigenvalue weighted by atomic mass is 16.6. The Kier molecular flexibility index (Phi) is 7.02. The first-order valence-corrected chi connectivity index (χ1v) is 6.76. The van der Waals surface area contributed by atoms with Crippen molar-refractivity contribution < 1.29 is 9.53 Å². The van der Waals surface area contributed by atoms with Crippen LogP contribution in [0.25, 0.3) is 0 Å². The van der Waals surface area contributed by atoms with E-state index in [9.17, 15) is 4.79 Å². The van der Waals surface area contributed by atoms with Crippen LogP contribution in [0.5, 0.6) is 0 Å². The predicted molar refractivity (Wildman–Crippen MR) is 65.5 cm³/mol. The molecule has 0 spiro atoms. The van der Waals surface area contributed by atoms with Crippen molar-refractivity contribution >= 4 is 6.09 Å². The summed E-state index contributed by atoms with van der Waals surface area (Å²) in [5.74, 6) is 0. The van der Waals surface area contributed by atoms with Gasteiger partial charge >= 0.3 is 6.09 Å². The summed E-state index contributed by atoms with van der Waals surface area (Å²) in [7, 11) is 0. The maximum atomic E-state index is 10.8. The van der Waals surface area contributed by atoms with E-state index in [1.165, 1.54) is 51.4 Å². The molecule has 0 radical (unpaired) electrons. The molecule has 0 aromatic heterocycles. The minimum absolute atomic E-state index is 0.246. The Balaban J connectivity index is 1.79. The fraction of sp³-hybridized carbons (Fsp3) is 0.923. The zero-order chi connectivity index (χ0) is 11.6. The summed E-state index contributed by atoms with van der Waals surface area (Å²) < 4.78 is 4.84. The molecule has 94 valence electrons. The van der Waals surface area contributed by atoms with Gasteiger partial charge < -0.3 is 10.1 Å². The van der Waals surface area contributed by atoms with Crippen molar-refractivity contribution in [3.63, 3.8) is 0 Å². The SMILES string of the molecule is CCCCCCCCCCC1COC(=O)N1. The van der Waals surface area contributed by atoms with Crippen LogP contribution in [0.1, 0.15) is 64.7 Å². The lowest BCUT2D eigenvalue weighted by atomic mass is 10.1. The number of carbonyl (C=O) groups is 1. The van der Waals surface area contributed by atoms with E-state index < -0.39 is 0 Å². The standard InChI is InChI=1S/C13H25NO2/c1-2-3-4-5-6-7-8-9-10-12-11-16-13(15)14-12/h12H,2-11H2,1H3,(H,14,15). The second-order valence-electron chi connectivity index (χ2n) is 4.70. The summed E-state index contributed by atoms with van der Waals surface area (Å²) in [6.45, 7) is 2.81. The molecule has 0 bridgehead atoms. The molecule has 1 saturated heterocycles. The average molecular weight is 227 g/mol. The van der Waals surface area contributed by atoms with Gasteiger partial charge in [-0.05, 0) is 6.42 Å². The average Bonchev–Trinajstić information content (AvgIpc) is 2.68. The molecule has 0 aromatic rings. The highest BCUT2D eigenvalue weighted by Gasteiger charge is 2.20. The summed E-state index contributed by atoms with van der Waals surface area (Å²) in [5.41, 5.74) is 0.